The zero-order chi connectivity index (χ0) is 62.4. The number of carbonyl (C=O) groups excluding carboxylic acids is 4. The molecule has 4 N–H and O–H groups in total. The molecule has 496 valence electrons. The summed E-state index contributed by atoms with van der Waals surface area (Å²) >= 11 is 0. The van der Waals surface area contributed by atoms with Crippen molar-refractivity contribution in [1.29, 1.82) is 0 Å². The molecule has 0 aromatic carbocycles. The fraction of sp³-hybridized carbons (Fsp3) is 0.833. The molecule has 0 saturated carbocycles. The molecule has 12 nitrogen and oxygen atoms in total. The zero-order valence-corrected chi connectivity index (χ0v) is 56.2. The molecule has 0 rings (SSSR count). The Labute approximate surface area is 537 Å². The molecule has 0 spiro atoms. The number of hydrogen-bond donors (Lipinski definition) is 4. The number of rotatable bonds is 64. The number of unbranched alkanes of at least 4 members (excludes halogenated alkanes) is 44. The van der Waals surface area contributed by atoms with Gasteiger partial charge in [0.1, 0.15) is 0 Å². The third-order valence-electron chi connectivity index (χ3n) is 14.8. The van der Waals surface area contributed by atoms with Crippen LogP contribution in [-0.2, 0) is 40.9 Å². The van der Waals surface area contributed by atoms with Crippen LogP contribution in [0.3, 0.4) is 0 Å². The molecular formula is C72H132O12Ti. The smallest absolute Gasteiger partial charge is 0.550 e. The van der Waals surface area contributed by atoms with Gasteiger partial charge >= 0.3 is 21.7 Å². The Morgan fingerprint density at radius 1 is 0.188 bits per heavy atom. The summed E-state index contributed by atoms with van der Waals surface area (Å²) in [6, 6.07) is 0. The maximum Gasteiger partial charge on any atom is 4.00 e. The number of aliphatic hydroxyl groups is 4. The van der Waals surface area contributed by atoms with Crippen LogP contribution in [0.25, 0.3) is 0 Å². The van der Waals surface area contributed by atoms with Gasteiger partial charge in [0.2, 0.25) is 0 Å². The SMILES string of the molecule is O=C([O-])CCCCCCC/C=C\CCCCCCCCO.O=C([O-])CCCCCCC/C=C\CCCCCCCCO.O=C([O-])CCCCCCC/C=C\CCCCCCCCO.O=C([O-])CCCCCCC/C=C\CCCCCCCCO.[Ti+4]. The Morgan fingerprint density at radius 2 is 0.294 bits per heavy atom. The van der Waals surface area contributed by atoms with E-state index in [0.29, 0.717) is 26.4 Å². The van der Waals surface area contributed by atoms with Crippen LogP contribution in [0.2, 0.25) is 0 Å². The third kappa shape index (κ3) is 107. The van der Waals surface area contributed by atoms with Crippen LogP contribution in [0.4, 0.5) is 0 Å². The molecular weight excluding hydrogens is 1100 g/mol. The van der Waals surface area contributed by atoms with Crippen LogP contribution in [0, 0.1) is 0 Å². The zero-order valence-electron chi connectivity index (χ0n) is 54.6. The van der Waals surface area contributed by atoms with Crippen molar-refractivity contribution in [3.8, 4) is 0 Å². The second kappa shape index (κ2) is 87.8. The predicted molar refractivity (Wildman–Crippen MR) is 343 cm³/mol. The first-order valence-corrected chi connectivity index (χ1v) is 34.9. The Bertz CT molecular complexity index is 1210. The Balaban J connectivity index is -0.000000333. The van der Waals surface area contributed by atoms with Gasteiger partial charge in [-0.05, 0) is 180 Å². The Morgan fingerprint density at radius 3 is 0.412 bits per heavy atom. The number of hydrogen-bond acceptors (Lipinski definition) is 12. The van der Waals surface area contributed by atoms with Crippen molar-refractivity contribution in [2.45, 2.75) is 360 Å². The molecule has 0 aliphatic heterocycles. The van der Waals surface area contributed by atoms with Crippen molar-refractivity contribution in [1.82, 2.24) is 0 Å². The largest absolute Gasteiger partial charge is 4.00 e. The van der Waals surface area contributed by atoms with E-state index < -0.39 is 23.9 Å². The van der Waals surface area contributed by atoms with E-state index >= 15 is 0 Å². The van der Waals surface area contributed by atoms with Gasteiger partial charge in [-0.2, -0.15) is 0 Å². The Kier molecular flexibility index (Phi) is 94.2. The summed E-state index contributed by atoms with van der Waals surface area (Å²) in [6.45, 7) is 1.33. The molecule has 0 amide bonds. The molecule has 0 radical (unpaired) electrons. The van der Waals surface area contributed by atoms with Crippen molar-refractivity contribution in [3.63, 3.8) is 0 Å². The van der Waals surface area contributed by atoms with E-state index in [1.807, 2.05) is 0 Å². The van der Waals surface area contributed by atoms with E-state index in [2.05, 4.69) is 48.6 Å². The molecule has 13 heteroatoms. The van der Waals surface area contributed by atoms with Crippen molar-refractivity contribution >= 4 is 23.9 Å². The molecule has 0 atom stereocenters. The van der Waals surface area contributed by atoms with Crippen LogP contribution in [-0.4, -0.2) is 70.7 Å². The molecule has 0 fully saturated rings. The predicted octanol–water partition coefficient (Wildman–Crippen LogP) is 15.0. The molecule has 85 heavy (non-hydrogen) atoms. The summed E-state index contributed by atoms with van der Waals surface area (Å²) in [5.74, 6) is -3.70. The number of carboxylic acid groups (broad SMARTS) is 4. The average molecular weight is 1240 g/mol. The molecule has 0 saturated heterocycles. The van der Waals surface area contributed by atoms with E-state index in [0.717, 1.165) is 154 Å². The molecule has 0 bridgehead atoms. The van der Waals surface area contributed by atoms with Crippen molar-refractivity contribution in [3.05, 3.63) is 48.6 Å². The maximum absolute atomic E-state index is 10.2. The second-order valence-electron chi connectivity index (χ2n) is 23.1. The monoisotopic (exact) mass is 1240 g/mol. The van der Waals surface area contributed by atoms with Crippen molar-refractivity contribution in [2.24, 2.45) is 0 Å². The van der Waals surface area contributed by atoms with Crippen molar-refractivity contribution in [2.75, 3.05) is 26.4 Å². The van der Waals surface area contributed by atoms with E-state index in [-0.39, 0.29) is 47.4 Å². The van der Waals surface area contributed by atoms with Gasteiger partial charge in [-0.25, -0.2) is 0 Å². The summed E-state index contributed by atoms with van der Waals surface area (Å²) in [5.41, 5.74) is 0. The van der Waals surface area contributed by atoms with Crippen LogP contribution < -0.4 is 20.4 Å². The number of carbonyl (C=O) groups is 4. The summed E-state index contributed by atoms with van der Waals surface area (Å²) < 4.78 is 0. The summed E-state index contributed by atoms with van der Waals surface area (Å²) in [5, 5.41) is 75.5. The van der Waals surface area contributed by atoms with E-state index in [4.69, 9.17) is 20.4 Å². The van der Waals surface area contributed by atoms with E-state index in [1.165, 1.54) is 180 Å². The van der Waals surface area contributed by atoms with Gasteiger partial charge < -0.3 is 60.0 Å². The van der Waals surface area contributed by atoms with Crippen molar-refractivity contribution < 1.29 is 81.7 Å². The molecule has 0 aromatic rings. The summed E-state index contributed by atoms with van der Waals surface area (Å²) in [4.78, 5) is 40.9. The first-order valence-electron chi connectivity index (χ1n) is 34.9. The first-order chi connectivity index (χ1) is 41.1. The fourth-order valence-electron chi connectivity index (χ4n) is 9.51. The number of allylic oxidation sites excluding steroid dienone is 8. The van der Waals surface area contributed by atoms with Gasteiger partial charge in [-0.15, -0.1) is 0 Å². The minimum atomic E-state index is -0.925. The number of carboxylic acids is 4. The molecule has 0 aromatic heterocycles. The molecule has 0 aliphatic rings. The first kappa shape index (κ1) is 91.1. The summed E-state index contributed by atoms with van der Waals surface area (Å²) in [7, 11) is 0. The molecule has 0 unspecified atom stereocenters. The van der Waals surface area contributed by atoms with Gasteiger partial charge in [0.15, 0.2) is 0 Å². The number of aliphatic carboxylic acids is 4. The van der Waals surface area contributed by atoms with E-state index in [9.17, 15) is 39.6 Å². The molecule has 0 aliphatic carbocycles. The van der Waals surface area contributed by atoms with Crippen LogP contribution in [0.15, 0.2) is 48.6 Å². The normalized spacial score (nSPS) is 11.2. The maximum atomic E-state index is 10.2. The average Bonchev–Trinajstić information content (AvgIpc) is 3.47. The van der Waals surface area contributed by atoms with Gasteiger partial charge in [0, 0.05) is 50.3 Å². The van der Waals surface area contributed by atoms with Gasteiger partial charge in [-0.1, -0.05) is 228 Å². The molecule has 0 heterocycles. The topological polar surface area (TPSA) is 241 Å². The number of aliphatic hydroxyl groups excluding tert-OH is 4. The summed E-state index contributed by atoms with van der Waals surface area (Å²) in [6.07, 6.45) is 78.7. The minimum Gasteiger partial charge on any atom is -0.550 e. The fourth-order valence-corrected chi connectivity index (χ4v) is 9.51. The quantitative estimate of drug-likeness (QED) is 0.0253. The van der Waals surface area contributed by atoms with Gasteiger partial charge in [0.05, 0.1) is 0 Å². The van der Waals surface area contributed by atoms with E-state index in [1.54, 1.807) is 0 Å². The standard InChI is InChI=1S/4C18H34O3.Ti/c4*19-17-15-13-11-9-7-5-3-1-2-4-6-8-10-12-14-16-18(20)21;/h4*1-2,19H,3-17H2,(H,20,21);/q;;;;+4/p-4/b4*2-1-;. The third-order valence-corrected chi connectivity index (χ3v) is 14.8. The Hall–Kier alpha value is -2.61. The van der Waals surface area contributed by atoms with Gasteiger partial charge in [0.25, 0.3) is 0 Å². The van der Waals surface area contributed by atoms with Crippen LogP contribution >= 0.6 is 0 Å². The van der Waals surface area contributed by atoms with Crippen LogP contribution in [0.1, 0.15) is 360 Å². The van der Waals surface area contributed by atoms with Crippen LogP contribution in [0.5, 0.6) is 0 Å². The second-order valence-corrected chi connectivity index (χ2v) is 23.1. The minimum absolute atomic E-state index is 0. The van der Waals surface area contributed by atoms with Gasteiger partial charge in [-0.3, -0.25) is 0 Å².